The largest absolute Gasteiger partial charge is 0.495 e. The van der Waals surface area contributed by atoms with Crippen LogP contribution in [0.5, 0.6) is 5.75 Å². The highest BCUT2D eigenvalue weighted by Crippen LogP contribution is 2.25. The molecular weight excluding hydrogens is 414 g/mol. The Kier molecular flexibility index (Phi) is 6.22. The van der Waals surface area contributed by atoms with E-state index in [0.29, 0.717) is 34.3 Å². The Labute approximate surface area is 183 Å². The van der Waals surface area contributed by atoms with Crippen LogP contribution in [0.1, 0.15) is 19.8 Å². The third-order valence-electron chi connectivity index (χ3n) is 4.93. The number of carbonyl (C=O) groups is 1. The zero-order valence-corrected chi connectivity index (χ0v) is 18.2. The number of benzene rings is 2. The molecular formula is C22H23N5O3S. The molecule has 1 N–H and O–H groups in total. The van der Waals surface area contributed by atoms with Crippen LogP contribution in [0.3, 0.4) is 0 Å². The molecule has 0 unspecified atom stereocenters. The Balaban J connectivity index is 1.65. The molecule has 2 heterocycles. The lowest BCUT2D eigenvalue weighted by molar-refractivity contribution is -0.113. The number of unbranched alkanes of at least 4 members (excludes halogenated alkanes) is 1. The van der Waals surface area contributed by atoms with Crippen molar-refractivity contribution in [1.82, 2.24) is 19.2 Å². The number of amides is 1. The Morgan fingerprint density at radius 3 is 2.71 bits per heavy atom. The summed E-state index contributed by atoms with van der Waals surface area (Å²) in [5.74, 6) is 1.04. The number of carbonyl (C=O) groups excluding carboxylic acids is 1. The van der Waals surface area contributed by atoms with Crippen molar-refractivity contribution in [3.05, 3.63) is 58.9 Å². The maximum absolute atomic E-state index is 13.0. The molecule has 2 aromatic carbocycles. The van der Waals surface area contributed by atoms with Gasteiger partial charge < -0.3 is 10.1 Å². The molecule has 0 saturated carbocycles. The van der Waals surface area contributed by atoms with Crippen molar-refractivity contribution in [2.45, 2.75) is 31.5 Å². The SMILES string of the molecule is CCCCn1c(=O)c2ccccc2n2c(SCC(=O)Nc3ccccc3OC)nnc12. The van der Waals surface area contributed by atoms with Gasteiger partial charge in [0.15, 0.2) is 5.16 Å². The number of thioether (sulfide) groups is 1. The van der Waals surface area contributed by atoms with Gasteiger partial charge >= 0.3 is 0 Å². The van der Waals surface area contributed by atoms with Gasteiger partial charge in [0.25, 0.3) is 5.56 Å². The number of anilines is 1. The third kappa shape index (κ3) is 4.13. The van der Waals surface area contributed by atoms with Gasteiger partial charge in [-0.2, -0.15) is 0 Å². The second-order valence-electron chi connectivity index (χ2n) is 6.98. The molecule has 2 aromatic heterocycles. The van der Waals surface area contributed by atoms with Gasteiger partial charge in [0, 0.05) is 6.54 Å². The molecule has 8 nitrogen and oxygen atoms in total. The molecule has 160 valence electrons. The maximum Gasteiger partial charge on any atom is 0.262 e. The summed E-state index contributed by atoms with van der Waals surface area (Å²) in [7, 11) is 1.56. The Hall–Kier alpha value is -3.33. The number of rotatable bonds is 8. The number of methoxy groups -OCH3 is 1. The van der Waals surface area contributed by atoms with Gasteiger partial charge in [-0.25, -0.2) is 0 Å². The van der Waals surface area contributed by atoms with Gasteiger partial charge in [-0.05, 0) is 30.7 Å². The van der Waals surface area contributed by atoms with E-state index in [1.807, 2.05) is 40.8 Å². The van der Waals surface area contributed by atoms with E-state index in [2.05, 4.69) is 22.4 Å². The Bertz CT molecular complexity index is 1300. The fourth-order valence-electron chi connectivity index (χ4n) is 3.41. The predicted octanol–water partition coefficient (Wildman–Crippen LogP) is 3.58. The van der Waals surface area contributed by atoms with E-state index in [9.17, 15) is 9.59 Å². The zero-order valence-electron chi connectivity index (χ0n) is 17.4. The standard InChI is InChI=1S/C22H23N5O3S/c1-3-4-13-26-20(29)15-9-5-7-11-17(15)27-21(26)24-25-22(27)31-14-19(28)23-16-10-6-8-12-18(16)30-2/h5-12H,3-4,13-14H2,1-2H3,(H,23,28). The van der Waals surface area contributed by atoms with Crippen LogP contribution in [-0.4, -0.2) is 37.9 Å². The summed E-state index contributed by atoms with van der Waals surface area (Å²) in [4.78, 5) is 25.5. The first-order valence-corrected chi connectivity index (χ1v) is 11.0. The smallest absolute Gasteiger partial charge is 0.262 e. The number of ether oxygens (including phenoxy) is 1. The lowest BCUT2D eigenvalue weighted by atomic mass is 10.2. The minimum atomic E-state index is -0.185. The van der Waals surface area contributed by atoms with Gasteiger partial charge in [-0.3, -0.25) is 18.6 Å². The third-order valence-corrected chi connectivity index (χ3v) is 5.86. The van der Waals surface area contributed by atoms with Crippen LogP contribution >= 0.6 is 11.8 Å². The van der Waals surface area contributed by atoms with Crippen molar-refractivity contribution in [1.29, 1.82) is 0 Å². The Morgan fingerprint density at radius 2 is 1.90 bits per heavy atom. The summed E-state index contributed by atoms with van der Waals surface area (Å²) in [5.41, 5.74) is 1.27. The second-order valence-corrected chi connectivity index (χ2v) is 7.93. The number of hydrogen-bond acceptors (Lipinski definition) is 6. The summed E-state index contributed by atoms with van der Waals surface area (Å²) in [5, 5.41) is 12.6. The normalized spacial score (nSPS) is 11.2. The molecule has 0 atom stereocenters. The maximum atomic E-state index is 13.0. The number of nitrogens with one attached hydrogen (secondary N) is 1. The molecule has 0 radical (unpaired) electrons. The number of aryl methyl sites for hydroxylation is 1. The molecule has 9 heteroatoms. The van der Waals surface area contributed by atoms with Crippen molar-refractivity contribution in [2.75, 3.05) is 18.2 Å². The summed E-state index contributed by atoms with van der Waals surface area (Å²) in [6.07, 6.45) is 1.83. The van der Waals surface area contributed by atoms with E-state index >= 15 is 0 Å². The summed E-state index contributed by atoms with van der Waals surface area (Å²) >= 11 is 1.27. The number of fused-ring (bicyclic) bond motifs is 3. The van der Waals surface area contributed by atoms with Crippen LogP contribution in [-0.2, 0) is 11.3 Å². The number of aromatic nitrogens is 4. The minimum Gasteiger partial charge on any atom is -0.495 e. The molecule has 31 heavy (non-hydrogen) atoms. The molecule has 4 aromatic rings. The molecule has 0 saturated heterocycles. The van der Waals surface area contributed by atoms with Crippen molar-refractivity contribution in [3.8, 4) is 5.75 Å². The van der Waals surface area contributed by atoms with Crippen LogP contribution < -0.4 is 15.6 Å². The van der Waals surface area contributed by atoms with Crippen LogP contribution in [0.4, 0.5) is 5.69 Å². The molecule has 1 amide bonds. The average molecular weight is 438 g/mol. The minimum absolute atomic E-state index is 0.0746. The van der Waals surface area contributed by atoms with Crippen molar-refractivity contribution in [2.24, 2.45) is 0 Å². The summed E-state index contributed by atoms with van der Waals surface area (Å²) in [6.45, 7) is 2.65. The molecule has 4 rings (SSSR count). The highest BCUT2D eigenvalue weighted by molar-refractivity contribution is 7.99. The summed E-state index contributed by atoms with van der Waals surface area (Å²) < 4.78 is 8.80. The lowest BCUT2D eigenvalue weighted by Gasteiger charge is -2.11. The highest BCUT2D eigenvalue weighted by Gasteiger charge is 2.17. The van der Waals surface area contributed by atoms with Gasteiger partial charge in [0.1, 0.15) is 5.75 Å². The monoisotopic (exact) mass is 437 g/mol. The molecule has 0 fully saturated rings. The molecule has 0 aliphatic carbocycles. The molecule has 0 aliphatic rings. The van der Waals surface area contributed by atoms with Gasteiger partial charge in [0.2, 0.25) is 11.7 Å². The van der Waals surface area contributed by atoms with Crippen LogP contribution in [0.15, 0.2) is 58.5 Å². The second kappa shape index (κ2) is 9.22. The van der Waals surface area contributed by atoms with Crippen molar-refractivity contribution >= 4 is 40.0 Å². The van der Waals surface area contributed by atoms with Crippen LogP contribution in [0.25, 0.3) is 16.7 Å². The average Bonchev–Trinajstić information content (AvgIpc) is 3.22. The predicted molar refractivity (Wildman–Crippen MR) is 122 cm³/mol. The topological polar surface area (TPSA) is 90.5 Å². The quantitative estimate of drug-likeness (QED) is 0.424. The van der Waals surface area contributed by atoms with Crippen molar-refractivity contribution in [3.63, 3.8) is 0 Å². The van der Waals surface area contributed by atoms with E-state index in [-0.39, 0.29) is 17.2 Å². The first-order valence-electron chi connectivity index (χ1n) is 10.1. The van der Waals surface area contributed by atoms with E-state index in [1.165, 1.54) is 11.8 Å². The van der Waals surface area contributed by atoms with E-state index in [0.717, 1.165) is 18.4 Å². The molecule has 0 bridgehead atoms. The molecule has 0 spiro atoms. The number of nitrogens with zero attached hydrogens (tertiary/aromatic N) is 4. The Morgan fingerprint density at radius 1 is 1.13 bits per heavy atom. The van der Waals surface area contributed by atoms with E-state index in [4.69, 9.17) is 4.74 Å². The zero-order chi connectivity index (χ0) is 21.8. The number of para-hydroxylation sites is 3. The van der Waals surface area contributed by atoms with Crippen molar-refractivity contribution < 1.29 is 9.53 Å². The van der Waals surface area contributed by atoms with Gasteiger partial charge in [0.05, 0.1) is 29.5 Å². The van der Waals surface area contributed by atoms with Crippen LogP contribution in [0.2, 0.25) is 0 Å². The first-order chi connectivity index (χ1) is 15.1. The highest BCUT2D eigenvalue weighted by atomic mass is 32.2. The molecule has 0 aliphatic heterocycles. The fourth-order valence-corrected chi connectivity index (χ4v) is 4.15. The van der Waals surface area contributed by atoms with Gasteiger partial charge in [-0.15, -0.1) is 10.2 Å². The van der Waals surface area contributed by atoms with E-state index < -0.39 is 0 Å². The number of hydrogen-bond donors (Lipinski definition) is 1. The van der Waals surface area contributed by atoms with Crippen LogP contribution in [0, 0.1) is 0 Å². The van der Waals surface area contributed by atoms with E-state index in [1.54, 1.807) is 23.8 Å². The lowest BCUT2D eigenvalue weighted by Crippen LogP contribution is -2.23. The fraction of sp³-hybridized carbons (Fsp3) is 0.273. The van der Waals surface area contributed by atoms with Gasteiger partial charge in [-0.1, -0.05) is 49.4 Å². The first kappa shape index (κ1) is 20.9. The summed E-state index contributed by atoms with van der Waals surface area (Å²) in [6, 6.07) is 14.6.